The molecule has 0 aliphatic carbocycles. The Kier molecular flexibility index (Phi) is 6.44. The van der Waals surface area contributed by atoms with Gasteiger partial charge in [-0.3, -0.25) is 0 Å². The van der Waals surface area contributed by atoms with E-state index < -0.39 is 5.60 Å². The lowest BCUT2D eigenvalue weighted by Gasteiger charge is -2.36. The minimum atomic E-state index is -0.829. The first-order valence-corrected chi connectivity index (χ1v) is 10.5. The van der Waals surface area contributed by atoms with Crippen molar-refractivity contribution in [3.05, 3.63) is 131 Å². The van der Waals surface area contributed by atoms with Crippen molar-refractivity contribution < 1.29 is 9.47 Å². The summed E-state index contributed by atoms with van der Waals surface area (Å²) in [5.41, 5.74) is 4.44. The molecule has 31 heavy (non-hydrogen) atoms. The Morgan fingerprint density at radius 2 is 1.16 bits per heavy atom. The number of aromatic nitrogens is 1. The molecule has 0 fully saturated rings. The summed E-state index contributed by atoms with van der Waals surface area (Å²) in [6.07, 6.45) is 0.745. The maximum Gasteiger partial charge on any atom is 0.215 e. The molecule has 0 N–H and O–H groups in total. The number of rotatable bonds is 8. The minimum Gasteiger partial charge on any atom is -0.456 e. The molecule has 0 atom stereocenters. The average Bonchev–Trinajstić information content (AvgIpc) is 2.84. The lowest BCUT2D eigenvalue weighted by Crippen LogP contribution is -2.36. The second kappa shape index (κ2) is 9.59. The smallest absolute Gasteiger partial charge is 0.215 e. The summed E-state index contributed by atoms with van der Waals surface area (Å²) >= 11 is 0. The lowest BCUT2D eigenvalue weighted by molar-refractivity contribution is 0.147. The van der Waals surface area contributed by atoms with Gasteiger partial charge in [0.2, 0.25) is 5.88 Å². The van der Waals surface area contributed by atoms with Crippen molar-refractivity contribution in [3.8, 4) is 5.88 Å². The molecule has 156 valence electrons. The van der Waals surface area contributed by atoms with Gasteiger partial charge in [0.1, 0.15) is 0 Å². The number of hydrogen-bond donors (Lipinski definition) is 0. The fourth-order valence-corrected chi connectivity index (χ4v) is 3.91. The number of benzene rings is 3. The second-order valence-electron chi connectivity index (χ2n) is 7.54. The molecule has 3 nitrogen and oxygen atoms in total. The van der Waals surface area contributed by atoms with Crippen molar-refractivity contribution in [2.45, 2.75) is 18.9 Å². The van der Waals surface area contributed by atoms with E-state index in [9.17, 15) is 0 Å². The largest absolute Gasteiger partial charge is 0.456 e. The molecular formula is C28H27NO2. The summed E-state index contributed by atoms with van der Waals surface area (Å²) in [7, 11) is 1.71. The Morgan fingerprint density at radius 1 is 0.677 bits per heavy atom. The fraction of sp³-hybridized carbons (Fsp3) is 0.179. The van der Waals surface area contributed by atoms with Crippen LogP contribution in [0.3, 0.4) is 0 Å². The summed E-state index contributed by atoms with van der Waals surface area (Å²) in [5, 5.41) is 0. The maximum atomic E-state index is 6.88. The first-order valence-electron chi connectivity index (χ1n) is 10.5. The first-order chi connectivity index (χ1) is 15.2. The first kappa shape index (κ1) is 20.8. The molecule has 0 spiro atoms. The highest BCUT2D eigenvalue weighted by Crippen LogP contribution is 2.40. The van der Waals surface area contributed by atoms with E-state index in [4.69, 9.17) is 14.5 Å². The maximum absolute atomic E-state index is 6.88. The molecule has 4 rings (SSSR count). The second-order valence-corrected chi connectivity index (χ2v) is 7.54. The highest BCUT2D eigenvalue weighted by Gasteiger charge is 2.39. The Hall–Kier alpha value is -3.43. The predicted octanol–water partition coefficient (Wildman–Crippen LogP) is 5.95. The summed E-state index contributed by atoms with van der Waals surface area (Å²) in [5.74, 6) is 0.591. The zero-order chi connectivity index (χ0) is 21.5. The SMILES string of the molecule is COCCc1nc(OC(c2ccccc2)(c2ccccc2)c2ccccc2)ccc1C. The van der Waals surface area contributed by atoms with Gasteiger partial charge in [0.25, 0.3) is 0 Å². The molecule has 1 heterocycles. The molecule has 3 aromatic carbocycles. The van der Waals surface area contributed by atoms with Gasteiger partial charge in [0.15, 0.2) is 5.60 Å². The van der Waals surface area contributed by atoms with Crippen molar-refractivity contribution in [2.75, 3.05) is 13.7 Å². The average molecular weight is 410 g/mol. The standard InChI is InChI=1S/C28H27NO2/c1-22-18-19-27(29-26(22)20-21-30-2)31-28(23-12-6-3-7-13-23,24-14-8-4-9-15-24)25-16-10-5-11-17-25/h3-19H,20-21H2,1-2H3. The highest BCUT2D eigenvalue weighted by molar-refractivity contribution is 5.48. The Balaban J connectivity index is 1.91. The van der Waals surface area contributed by atoms with E-state index in [2.05, 4.69) is 49.4 Å². The van der Waals surface area contributed by atoms with E-state index in [0.29, 0.717) is 12.5 Å². The summed E-state index contributed by atoms with van der Waals surface area (Å²) < 4.78 is 12.2. The quantitative estimate of drug-likeness (QED) is 0.337. The third kappa shape index (κ3) is 4.37. The number of methoxy groups -OCH3 is 1. The molecule has 0 aliphatic heterocycles. The predicted molar refractivity (Wildman–Crippen MR) is 124 cm³/mol. The van der Waals surface area contributed by atoms with E-state index in [0.717, 1.165) is 34.4 Å². The van der Waals surface area contributed by atoms with Gasteiger partial charge in [-0.05, 0) is 12.5 Å². The van der Waals surface area contributed by atoms with Crippen LogP contribution in [0.15, 0.2) is 103 Å². The molecule has 0 bridgehead atoms. The van der Waals surface area contributed by atoms with E-state index in [1.165, 1.54) is 0 Å². The van der Waals surface area contributed by atoms with Crippen molar-refractivity contribution >= 4 is 0 Å². The molecule has 0 radical (unpaired) electrons. The van der Waals surface area contributed by atoms with Gasteiger partial charge in [-0.1, -0.05) is 97.1 Å². The van der Waals surface area contributed by atoms with Crippen LogP contribution in [0.2, 0.25) is 0 Å². The number of pyridine rings is 1. The molecule has 0 saturated heterocycles. The lowest BCUT2D eigenvalue weighted by atomic mass is 9.80. The van der Waals surface area contributed by atoms with Gasteiger partial charge in [-0.25, -0.2) is 4.98 Å². The molecule has 0 amide bonds. The van der Waals surface area contributed by atoms with Crippen LogP contribution in [0.4, 0.5) is 0 Å². The molecule has 0 unspecified atom stereocenters. The fourth-order valence-electron chi connectivity index (χ4n) is 3.91. The van der Waals surface area contributed by atoms with Crippen LogP contribution in [-0.4, -0.2) is 18.7 Å². The topological polar surface area (TPSA) is 31.4 Å². The van der Waals surface area contributed by atoms with Crippen LogP contribution in [0.5, 0.6) is 5.88 Å². The van der Waals surface area contributed by atoms with Crippen LogP contribution >= 0.6 is 0 Å². The Morgan fingerprint density at radius 3 is 1.61 bits per heavy atom. The molecule has 0 saturated carbocycles. The van der Waals surface area contributed by atoms with Crippen molar-refractivity contribution in [3.63, 3.8) is 0 Å². The zero-order valence-corrected chi connectivity index (χ0v) is 18.0. The minimum absolute atomic E-state index is 0.591. The molecule has 0 aliphatic rings. The van der Waals surface area contributed by atoms with E-state index in [1.807, 2.05) is 60.7 Å². The van der Waals surface area contributed by atoms with Gasteiger partial charge in [0.05, 0.1) is 6.61 Å². The van der Waals surface area contributed by atoms with Gasteiger partial charge in [0, 0.05) is 42.0 Å². The van der Waals surface area contributed by atoms with Crippen LogP contribution in [-0.2, 0) is 16.8 Å². The highest BCUT2D eigenvalue weighted by atomic mass is 16.5. The van der Waals surface area contributed by atoms with Crippen LogP contribution in [0, 0.1) is 6.92 Å². The van der Waals surface area contributed by atoms with Crippen LogP contribution in [0.25, 0.3) is 0 Å². The van der Waals surface area contributed by atoms with Crippen LogP contribution in [0.1, 0.15) is 27.9 Å². The molecule has 4 aromatic rings. The zero-order valence-electron chi connectivity index (χ0n) is 18.0. The van der Waals surface area contributed by atoms with Crippen LogP contribution < -0.4 is 4.74 Å². The Bertz CT molecular complexity index is 999. The number of hydrogen-bond acceptors (Lipinski definition) is 3. The molecule has 3 heteroatoms. The Labute approximate surface area is 184 Å². The van der Waals surface area contributed by atoms with Crippen molar-refractivity contribution in [2.24, 2.45) is 0 Å². The van der Waals surface area contributed by atoms with E-state index >= 15 is 0 Å². The van der Waals surface area contributed by atoms with Gasteiger partial charge < -0.3 is 9.47 Å². The molecule has 1 aromatic heterocycles. The summed E-state index contributed by atoms with van der Waals surface area (Å²) in [6, 6.07) is 35.0. The number of nitrogens with zero attached hydrogens (tertiary/aromatic N) is 1. The monoisotopic (exact) mass is 409 g/mol. The third-order valence-corrected chi connectivity index (χ3v) is 5.52. The normalized spacial score (nSPS) is 11.3. The number of aryl methyl sites for hydroxylation is 1. The van der Waals surface area contributed by atoms with Gasteiger partial charge >= 0.3 is 0 Å². The van der Waals surface area contributed by atoms with Crippen molar-refractivity contribution in [1.29, 1.82) is 0 Å². The number of ether oxygens (including phenoxy) is 2. The molecular weight excluding hydrogens is 382 g/mol. The van der Waals surface area contributed by atoms with E-state index in [1.54, 1.807) is 7.11 Å². The summed E-state index contributed by atoms with van der Waals surface area (Å²) in [6.45, 7) is 2.69. The van der Waals surface area contributed by atoms with E-state index in [-0.39, 0.29) is 0 Å². The third-order valence-electron chi connectivity index (χ3n) is 5.52. The summed E-state index contributed by atoms with van der Waals surface area (Å²) in [4.78, 5) is 4.87. The van der Waals surface area contributed by atoms with Gasteiger partial charge in [-0.2, -0.15) is 0 Å². The van der Waals surface area contributed by atoms with Gasteiger partial charge in [-0.15, -0.1) is 0 Å². The van der Waals surface area contributed by atoms with Crippen molar-refractivity contribution in [1.82, 2.24) is 4.98 Å².